The van der Waals surface area contributed by atoms with E-state index in [1.54, 1.807) is 12.1 Å². The molecule has 112 valence electrons. The van der Waals surface area contributed by atoms with Crippen molar-refractivity contribution in [1.29, 1.82) is 0 Å². The number of hydrogen-bond acceptors (Lipinski definition) is 5. The van der Waals surface area contributed by atoms with Crippen LogP contribution in [0.4, 0.5) is 5.69 Å². The van der Waals surface area contributed by atoms with E-state index in [1.807, 2.05) is 14.0 Å². The van der Waals surface area contributed by atoms with Crippen molar-refractivity contribution in [3.8, 4) is 5.75 Å². The van der Waals surface area contributed by atoms with Crippen LogP contribution < -0.4 is 15.2 Å². The quantitative estimate of drug-likeness (QED) is 0.780. The van der Waals surface area contributed by atoms with Gasteiger partial charge >= 0.3 is 0 Å². The van der Waals surface area contributed by atoms with Crippen molar-refractivity contribution in [2.24, 2.45) is 0 Å². The summed E-state index contributed by atoms with van der Waals surface area (Å²) in [6.45, 7) is 3.82. The molecule has 3 N–H and O–H groups in total. The number of nitrogen functional groups attached to an aromatic ring is 1. The number of nitrogens with two attached hydrogens (primary N) is 1. The molecule has 6 nitrogen and oxygen atoms in total. The molecule has 1 aromatic rings. The molecular weight excluding hydrogens is 278 g/mol. The second-order valence-corrected chi connectivity index (χ2v) is 6.69. The Kier molecular flexibility index (Phi) is 4.52. The van der Waals surface area contributed by atoms with Crippen LogP contribution in [0.5, 0.6) is 5.75 Å². The molecule has 1 aliphatic rings. The predicted octanol–water partition coefficient (Wildman–Crippen LogP) is 0.650. The van der Waals surface area contributed by atoms with Crippen LogP contribution >= 0.6 is 0 Å². The lowest BCUT2D eigenvalue weighted by molar-refractivity contribution is 0.331. The zero-order valence-electron chi connectivity index (χ0n) is 11.8. The van der Waals surface area contributed by atoms with Crippen molar-refractivity contribution in [1.82, 2.24) is 9.62 Å². The van der Waals surface area contributed by atoms with Gasteiger partial charge in [-0.05, 0) is 45.1 Å². The van der Waals surface area contributed by atoms with Gasteiger partial charge in [-0.15, -0.1) is 0 Å². The minimum absolute atomic E-state index is 0.0686. The largest absolute Gasteiger partial charge is 0.492 e. The maximum atomic E-state index is 12.5. The van der Waals surface area contributed by atoms with Crippen molar-refractivity contribution >= 4 is 15.7 Å². The standard InChI is InChI=1S/C13H21N3O3S/c1-3-19-12-5-4-10(14)8-13(12)20(17,18)15-11-6-7-16(2)9-11/h4-5,8,11,15H,3,6-7,9,14H2,1-2H3. The van der Waals surface area contributed by atoms with E-state index >= 15 is 0 Å². The van der Waals surface area contributed by atoms with Crippen molar-refractivity contribution in [3.63, 3.8) is 0 Å². The van der Waals surface area contributed by atoms with Gasteiger partial charge in [0.15, 0.2) is 0 Å². The van der Waals surface area contributed by atoms with Crippen molar-refractivity contribution in [3.05, 3.63) is 18.2 Å². The molecule has 1 atom stereocenters. The lowest BCUT2D eigenvalue weighted by Gasteiger charge is -2.16. The molecular formula is C13H21N3O3S. The number of hydrogen-bond donors (Lipinski definition) is 2. The highest BCUT2D eigenvalue weighted by Crippen LogP contribution is 2.26. The fourth-order valence-corrected chi connectivity index (χ4v) is 3.76. The van der Waals surface area contributed by atoms with E-state index < -0.39 is 10.0 Å². The molecule has 2 rings (SSSR count). The van der Waals surface area contributed by atoms with E-state index in [4.69, 9.17) is 10.5 Å². The summed E-state index contributed by atoms with van der Waals surface area (Å²) in [5.41, 5.74) is 6.09. The van der Waals surface area contributed by atoms with Crippen LogP contribution in [0.25, 0.3) is 0 Å². The van der Waals surface area contributed by atoms with E-state index in [-0.39, 0.29) is 10.9 Å². The topological polar surface area (TPSA) is 84.7 Å². The second-order valence-electron chi connectivity index (χ2n) is 5.01. The maximum absolute atomic E-state index is 12.5. The molecule has 1 unspecified atom stereocenters. The normalized spacial score (nSPS) is 20.2. The summed E-state index contributed by atoms with van der Waals surface area (Å²) in [7, 11) is -1.65. The SMILES string of the molecule is CCOc1ccc(N)cc1S(=O)(=O)NC1CCN(C)C1. The zero-order chi connectivity index (χ0) is 14.8. The number of nitrogens with zero attached hydrogens (tertiary/aromatic N) is 1. The minimum Gasteiger partial charge on any atom is -0.492 e. The van der Waals surface area contributed by atoms with E-state index in [0.717, 1.165) is 13.0 Å². The number of anilines is 1. The zero-order valence-corrected chi connectivity index (χ0v) is 12.6. The number of ether oxygens (including phenoxy) is 1. The summed E-state index contributed by atoms with van der Waals surface area (Å²) in [5, 5.41) is 0. The second kappa shape index (κ2) is 5.99. The number of likely N-dealkylation sites (tertiary alicyclic amines) is 1. The Morgan fingerprint density at radius 1 is 1.50 bits per heavy atom. The van der Waals surface area contributed by atoms with Crippen LogP contribution in [0.3, 0.4) is 0 Å². The van der Waals surface area contributed by atoms with Crippen LogP contribution in [-0.4, -0.2) is 46.1 Å². The van der Waals surface area contributed by atoms with E-state index in [2.05, 4.69) is 9.62 Å². The Hall–Kier alpha value is -1.31. The molecule has 1 aliphatic heterocycles. The Bertz CT molecular complexity index is 574. The fraction of sp³-hybridized carbons (Fsp3) is 0.538. The summed E-state index contributed by atoms with van der Waals surface area (Å²) in [6.07, 6.45) is 0.808. The number of benzene rings is 1. The van der Waals surface area contributed by atoms with Gasteiger partial charge < -0.3 is 15.4 Å². The van der Waals surface area contributed by atoms with Gasteiger partial charge in [0.2, 0.25) is 10.0 Å². The molecule has 0 saturated carbocycles. The maximum Gasteiger partial charge on any atom is 0.244 e. The highest BCUT2D eigenvalue weighted by Gasteiger charge is 2.27. The van der Waals surface area contributed by atoms with Gasteiger partial charge in [-0.1, -0.05) is 0 Å². The number of nitrogens with one attached hydrogen (secondary N) is 1. The molecule has 0 radical (unpaired) electrons. The lowest BCUT2D eigenvalue weighted by Crippen LogP contribution is -2.36. The van der Waals surface area contributed by atoms with Crippen LogP contribution in [0, 0.1) is 0 Å². The molecule has 0 aromatic heterocycles. The van der Waals surface area contributed by atoms with Gasteiger partial charge in [-0.25, -0.2) is 13.1 Å². The monoisotopic (exact) mass is 299 g/mol. The van der Waals surface area contributed by atoms with Crippen LogP contribution in [0.1, 0.15) is 13.3 Å². The predicted molar refractivity (Wildman–Crippen MR) is 78.2 cm³/mol. The minimum atomic E-state index is -3.62. The first-order chi connectivity index (χ1) is 9.42. The third kappa shape index (κ3) is 3.41. The van der Waals surface area contributed by atoms with Crippen molar-refractivity contribution in [2.75, 3.05) is 32.5 Å². The fourth-order valence-electron chi connectivity index (χ4n) is 2.32. The number of rotatable bonds is 5. The van der Waals surface area contributed by atoms with Crippen molar-refractivity contribution in [2.45, 2.75) is 24.3 Å². The molecule has 1 saturated heterocycles. The van der Waals surface area contributed by atoms with Gasteiger partial charge in [0.25, 0.3) is 0 Å². The summed E-state index contributed by atoms with van der Waals surface area (Å²) < 4.78 is 33.1. The average molecular weight is 299 g/mol. The van der Waals surface area contributed by atoms with Gasteiger partial charge in [0.05, 0.1) is 6.61 Å². The van der Waals surface area contributed by atoms with E-state index in [0.29, 0.717) is 24.6 Å². The first-order valence-electron chi connectivity index (χ1n) is 6.65. The molecule has 20 heavy (non-hydrogen) atoms. The van der Waals surface area contributed by atoms with Gasteiger partial charge in [0.1, 0.15) is 10.6 Å². The van der Waals surface area contributed by atoms with Gasteiger partial charge in [-0.2, -0.15) is 0 Å². The van der Waals surface area contributed by atoms with E-state index in [9.17, 15) is 8.42 Å². The Labute approximate surface area is 120 Å². The Balaban J connectivity index is 2.26. The molecule has 1 fully saturated rings. The third-order valence-corrected chi connectivity index (χ3v) is 4.81. The molecule has 0 bridgehead atoms. The third-order valence-electron chi connectivity index (χ3n) is 3.27. The van der Waals surface area contributed by atoms with Crippen LogP contribution in [0.15, 0.2) is 23.1 Å². The average Bonchev–Trinajstić information content (AvgIpc) is 2.76. The van der Waals surface area contributed by atoms with Gasteiger partial charge in [-0.3, -0.25) is 0 Å². The first-order valence-corrected chi connectivity index (χ1v) is 8.14. The molecule has 0 amide bonds. The molecule has 7 heteroatoms. The molecule has 1 aromatic carbocycles. The number of sulfonamides is 1. The number of likely N-dealkylation sites (N-methyl/N-ethyl adjacent to an activating group) is 1. The lowest BCUT2D eigenvalue weighted by atomic mass is 10.3. The summed E-state index contributed by atoms with van der Waals surface area (Å²) >= 11 is 0. The highest BCUT2D eigenvalue weighted by molar-refractivity contribution is 7.89. The summed E-state index contributed by atoms with van der Waals surface area (Å²) in [4.78, 5) is 2.20. The van der Waals surface area contributed by atoms with Crippen LogP contribution in [0.2, 0.25) is 0 Å². The van der Waals surface area contributed by atoms with Crippen molar-refractivity contribution < 1.29 is 13.2 Å². The molecule has 1 heterocycles. The Morgan fingerprint density at radius 2 is 2.25 bits per heavy atom. The molecule has 0 aliphatic carbocycles. The van der Waals surface area contributed by atoms with E-state index in [1.165, 1.54) is 6.07 Å². The molecule has 0 spiro atoms. The first kappa shape index (κ1) is 15.1. The van der Waals surface area contributed by atoms with Crippen LogP contribution in [-0.2, 0) is 10.0 Å². The van der Waals surface area contributed by atoms with Gasteiger partial charge in [0, 0.05) is 18.3 Å². The Morgan fingerprint density at radius 3 is 2.85 bits per heavy atom. The highest BCUT2D eigenvalue weighted by atomic mass is 32.2. The smallest absolute Gasteiger partial charge is 0.244 e. The summed E-state index contributed by atoms with van der Waals surface area (Å²) in [6, 6.07) is 4.59. The summed E-state index contributed by atoms with van der Waals surface area (Å²) in [5.74, 6) is 0.334.